The van der Waals surface area contributed by atoms with Gasteiger partial charge in [0.05, 0.1) is 0 Å². The summed E-state index contributed by atoms with van der Waals surface area (Å²) in [6.45, 7) is 4.52. The van der Waals surface area contributed by atoms with Crippen molar-refractivity contribution in [3.05, 3.63) is 0 Å². The van der Waals surface area contributed by atoms with Crippen LogP contribution in [0.25, 0.3) is 0 Å². The van der Waals surface area contributed by atoms with Crippen LogP contribution < -0.4 is 0 Å². The Morgan fingerprint density at radius 3 is 1.63 bits per heavy atom. The van der Waals surface area contributed by atoms with Crippen LogP contribution in [0, 0.1) is 0 Å². The van der Waals surface area contributed by atoms with Gasteiger partial charge in [0.1, 0.15) is 0 Å². The van der Waals surface area contributed by atoms with Gasteiger partial charge in [-0.1, -0.05) is 115 Å². The van der Waals surface area contributed by atoms with E-state index in [1.807, 2.05) is 11.8 Å². The van der Waals surface area contributed by atoms with Crippen molar-refractivity contribution in [3.8, 4) is 0 Å². The van der Waals surface area contributed by atoms with E-state index in [2.05, 4.69) is 23.9 Å². The van der Waals surface area contributed by atoms with Crippen LogP contribution in [0.2, 0.25) is 0 Å². The number of amidine groups is 1. The lowest BCUT2D eigenvalue weighted by Gasteiger charge is -2.24. The first kappa shape index (κ1) is 27.3. The third kappa shape index (κ3) is 16.9. The predicted octanol–water partition coefficient (Wildman–Crippen LogP) is 8.25. The number of unbranched alkanes of at least 4 members (excludes halogenated alkanes) is 15. The molecule has 0 spiro atoms. The van der Waals surface area contributed by atoms with Crippen LogP contribution >= 0.6 is 28.7 Å². The number of nitrogens with zero attached hydrogens (tertiary/aromatic N) is 2. The Labute approximate surface area is 185 Å². The van der Waals surface area contributed by atoms with E-state index in [4.69, 9.17) is 0 Å². The lowest BCUT2D eigenvalue weighted by atomic mass is 10.0. The Balaban J connectivity index is 0.00000676. The van der Waals surface area contributed by atoms with E-state index in [0.29, 0.717) is 0 Å². The molecule has 0 aliphatic carbocycles. The van der Waals surface area contributed by atoms with Crippen molar-refractivity contribution in [2.75, 3.05) is 25.9 Å². The highest BCUT2D eigenvalue weighted by molar-refractivity contribution is 8.93. The van der Waals surface area contributed by atoms with Gasteiger partial charge in [-0.05, 0) is 12.8 Å². The van der Waals surface area contributed by atoms with Gasteiger partial charge in [0.15, 0.2) is 5.17 Å². The molecule has 0 unspecified atom stereocenters. The molecule has 0 radical (unpaired) electrons. The molecule has 0 saturated heterocycles. The summed E-state index contributed by atoms with van der Waals surface area (Å²) in [6.07, 6.45) is 24.4. The maximum absolute atomic E-state index is 4.63. The van der Waals surface area contributed by atoms with Crippen LogP contribution in [-0.4, -0.2) is 36.0 Å². The molecule has 0 aromatic heterocycles. The minimum atomic E-state index is 0. The molecule has 162 valence electrons. The quantitative estimate of drug-likeness (QED) is 0.202. The first-order chi connectivity index (χ1) is 12.8. The second-order valence-corrected chi connectivity index (χ2v) is 9.15. The normalized spacial score (nSPS) is 14.1. The van der Waals surface area contributed by atoms with Crippen molar-refractivity contribution in [2.45, 2.75) is 116 Å². The molecule has 0 aromatic rings. The molecule has 0 aromatic carbocycles. The molecular formula is C23H47BrN2S. The zero-order chi connectivity index (χ0) is 18.7. The molecule has 0 atom stereocenters. The average molecular weight is 464 g/mol. The van der Waals surface area contributed by atoms with Gasteiger partial charge < -0.3 is 4.90 Å². The van der Waals surface area contributed by atoms with Crippen LogP contribution in [0.3, 0.4) is 0 Å². The molecule has 2 nitrogen and oxygen atoms in total. The largest absolute Gasteiger partial charge is 0.354 e. The molecule has 1 aliphatic heterocycles. The van der Waals surface area contributed by atoms with Crippen LogP contribution in [0.4, 0.5) is 0 Å². The Hall–Kier alpha value is 0.300. The third-order valence-corrected chi connectivity index (χ3v) is 6.65. The zero-order valence-corrected chi connectivity index (χ0v) is 20.9. The van der Waals surface area contributed by atoms with Gasteiger partial charge in [0.25, 0.3) is 0 Å². The second kappa shape index (κ2) is 21.0. The van der Waals surface area contributed by atoms with E-state index in [-0.39, 0.29) is 17.0 Å². The fraction of sp³-hybridized carbons (Fsp3) is 0.957. The lowest BCUT2D eigenvalue weighted by molar-refractivity contribution is 0.477. The zero-order valence-electron chi connectivity index (χ0n) is 18.4. The van der Waals surface area contributed by atoms with Crippen molar-refractivity contribution in [3.63, 3.8) is 0 Å². The maximum atomic E-state index is 4.63. The number of halogens is 1. The summed E-state index contributed by atoms with van der Waals surface area (Å²) in [5.74, 6) is 1.25. The van der Waals surface area contributed by atoms with Gasteiger partial charge in [0.2, 0.25) is 0 Å². The van der Waals surface area contributed by atoms with E-state index < -0.39 is 0 Å². The van der Waals surface area contributed by atoms with Gasteiger partial charge in [-0.15, -0.1) is 17.0 Å². The van der Waals surface area contributed by atoms with Crippen LogP contribution in [-0.2, 0) is 0 Å². The molecule has 1 heterocycles. The lowest BCUT2D eigenvalue weighted by Crippen LogP contribution is -2.29. The van der Waals surface area contributed by atoms with Gasteiger partial charge in [-0.2, -0.15) is 0 Å². The summed E-state index contributed by atoms with van der Waals surface area (Å²) in [5, 5.41) is 1.28. The number of hydrogen-bond donors (Lipinski definition) is 0. The monoisotopic (exact) mass is 462 g/mol. The molecule has 4 heteroatoms. The number of aliphatic imine (C=N–C) groups is 1. The van der Waals surface area contributed by atoms with Crippen molar-refractivity contribution in [1.82, 2.24) is 4.90 Å². The number of hydrogen-bond acceptors (Lipinski definition) is 3. The summed E-state index contributed by atoms with van der Waals surface area (Å²) >= 11 is 1.97. The summed E-state index contributed by atoms with van der Waals surface area (Å²) in [5.41, 5.74) is 0. The summed E-state index contributed by atoms with van der Waals surface area (Å²) in [4.78, 5) is 6.95. The Morgan fingerprint density at radius 1 is 0.741 bits per heavy atom. The second-order valence-electron chi connectivity index (χ2n) is 8.09. The first-order valence-corrected chi connectivity index (χ1v) is 12.7. The van der Waals surface area contributed by atoms with Crippen LogP contribution in [0.5, 0.6) is 0 Å². The van der Waals surface area contributed by atoms with E-state index in [1.54, 1.807) is 0 Å². The van der Waals surface area contributed by atoms with Crippen molar-refractivity contribution < 1.29 is 0 Å². The Bertz CT molecular complexity index is 336. The Morgan fingerprint density at radius 2 is 1.19 bits per heavy atom. The fourth-order valence-corrected chi connectivity index (χ4v) is 4.69. The highest BCUT2D eigenvalue weighted by Gasteiger charge is 2.10. The average Bonchev–Trinajstić information content (AvgIpc) is 2.65. The highest BCUT2D eigenvalue weighted by atomic mass is 79.9. The molecule has 0 amide bonds. The highest BCUT2D eigenvalue weighted by Crippen LogP contribution is 2.17. The molecule has 0 N–H and O–H groups in total. The predicted molar refractivity (Wildman–Crippen MR) is 132 cm³/mol. The summed E-state index contributed by atoms with van der Waals surface area (Å²) in [6, 6.07) is 0. The molecule has 0 bridgehead atoms. The van der Waals surface area contributed by atoms with E-state index in [1.165, 1.54) is 127 Å². The molecule has 0 fully saturated rings. The minimum Gasteiger partial charge on any atom is -0.354 e. The maximum Gasteiger partial charge on any atom is 0.158 e. The van der Waals surface area contributed by atoms with Crippen molar-refractivity contribution >= 4 is 33.9 Å². The first-order valence-electron chi connectivity index (χ1n) is 11.7. The smallest absolute Gasteiger partial charge is 0.158 e. The molecule has 27 heavy (non-hydrogen) atoms. The van der Waals surface area contributed by atoms with E-state index in [0.717, 1.165) is 6.54 Å². The van der Waals surface area contributed by atoms with Gasteiger partial charge in [-0.3, -0.25) is 4.99 Å². The summed E-state index contributed by atoms with van der Waals surface area (Å²) < 4.78 is 0. The molecule has 1 rings (SSSR count). The molecule has 1 aliphatic rings. The fourth-order valence-electron chi connectivity index (χ4n) is 3.67. The van der Waals surface area contributed by atoms with Gasteiger partial charge in [0, 0.05) is 25.9 Å². The number of rotatable bonds is 17. The standard InChI is InChI=1S/C23H46N2S.BrH/c1-3-4-5-6-7-8-9-10-11-12-13-14-15-16-17-18-22-26-23-24-20-19-21-25(23)2;/h3-22H2,1-2H3;1H. The number of thioether (sulfide) groups is 1. The minimum absolute atomic E-state index is 0. The van der Waals surface area contributed by atoms with E-state index >= 15 is 0 Å². The van der Waals surface area contributed by atoms with Gasteiger partial charge >= 0.3 is 0 Å². The molecular weight excluding hydrogens is 416 g/mol. The van der Waals surface area contributed by atoms with Crippen LogP contribution in [0.1, 0.15) is 116 Å². The van der Waals surface area contributed by atoms with Gasteiger partial charge in [-0.25, -0.2) is 0 Å². The third-order valence-electron chi connectivity index (χ3n) is 5.45. The van der Waals surface area contributed by atoms with Crippen molar-refractivity contribution in [1.29, 1.82) is 0 Å². The topological polar surface area (TPSA) is 15.6 Å². The Kier molecular flexibility index (Phi) is 21.3. The van der Waals surface area contributed by atoms with E-state index in [9.17, 15) is 0 Å². The van der Waals surface area contributed by atoms with Crippen molar-refractivity contribution in [2.24, 2.45) is 4.99 Å². The summed E-state index contributed by atoms with van der Waals surface area (Å²) in [7, 11) is 2.18. The SMILES string of the molecule is Br.CCCCCCCCCCCCCCCCCCSC1=NCCCN1C. The van der Waals surface area contributed by atoms with Crippen LogP contribution in [0.15, 0.2) is 4.99 Å². The molecule has 0 saturated carbocycles.